The minimum atomic E-state index is 0.205. The van der Waals surface area contributed by atoms with E-state index in [1.165, 1.54) is 34.4 Å². The fourth-order valence-electron chi connectivity index (χ4n) is 3.72. The number of nitrogens with zero attached hydrogens (tertiary/aromatic N) is 1. The summed E-state index contributed by atoms with van der Waals surface area (Å²) in [6.45, 7) is 9.00. The molecule has 146 valence electrons. The van der Waals surface area contributed by atoms with Crippen LogP contribution in [0.25, 0.3) is 10.4 Å². The third-order valence-corrected chi connectivity index (χ3v) is 7.09. The zero-order valence-electron chi connectivity index (χ0n) is 16.9. The van der Waals surface area contributed by atoms with Crippen LogP contribution in [0, 0.1) is 12.8 Å². The Morgan fingerprint density at radius 2 is 1.96 bits per heavy atom. The molecule has 1 atom stereocenters. The molecule has 2 aromatic rings. The summed E-state index contributed by atoms with van der Waals surface area (Å²) in [6, 6.07) is 8.78. The van der Waals surface area contributed by atoms with Crippen LogP contribution < -0.4 is 5.73 Å². The molecule has 0 aliphatic carbocycles. The molecule has 3 nitrogen and oxygen atoms in total. The Kier molecular flexibility index (Phi) is 6.72. The van der Waals surface area contributed by atoms with E-state index in [2.05, 4.69) is 45.0 Å². The molecule has 3 rings (SSSR count). The van der Waals surface area contributed by atoms with Crippen molar-refractivity contribution in [1.29, 1.82) is 0 Å². The first kappa shape index (κ1) is 20.1. The molecule has 1 saturated heterocycles. The molecule has 0 radical (unpaired) electrons. The monoisotopic (exact) mass is 384 g/mol. The van der Waals surface area contributed by atoms with Crippen molar-refractivity contribution in [3.63, 3.8) is 0 Å². The van der Waals surface area contributed by atoms with Crippen LogP contribution in [0.2, 0.25) is 0 Å². The smallest absolute Gasteiger partial charge is 0.264 e. The highest BCUT2D eigenvalue weighted by Gasteiger charge is 2.23. The third kappa shape index (κ3) is 4.61. The molecule has 1 aliphatic heterocycles. The van der Waals surface area contributed by atoms with Gasteiger partial charge in [0.25, 0.3) is 5.91 Å². The summed E-state index contributed by atoms with van der Waals surface area (Å²) in [5.41, 5.74) is 10.9. The number of thiophene rings is 1. The molecular formula is C23H32N2OS. The number of amides is 1. The number of nitrogens with two attached hydrogens (primary N) is 1. The summed E-state index contributed by atoms with van der Waals surface area (Å²) >= 11 is 1.64. The van der Waals surface area contributed by atoms with E-state index < -0.39 is 0 Å². The first-order chi connectivity index (χ1) is 13.0. The van der Waals surface area contributed by atoms with Gasteiger partial charge in [-0.1, -0.05) is 38.5 Å². The van der Waals surface area contributed by atoms with Crippen molar-refractivity contribution in [2.24, 2.45) is 11.7 Å². The average molecular weight is 385 g/mol. The molecule has 1 fully saturated rings. The summed E-state index contributed by atoms with van der Waals surface area (Å²) in [5.74, 6) is 0.935. The Balaban J connectivity index is 1.85. The fourth-order valence-corrected chi connectivity index (χ4v) is 4.85. The van der Waals surface area contributed by atoms with E-state index in [1.807, 2.05) is 4.90 Å². The molecule has 1 aliphatic rings. The molecule has 4 heteroatoms. The zero-order chi connectivity index (χ0) is 19.4. The Hall–Kier alpha value is -1.65. The van der Waals surface area contributed by atoms with E-state index in [0.29, 0.717) is 6.54 Å². The largest absolute Gasteiger partial charge is 0.338 e. The van der Waals surface area contributed by atoms with Gasteiger partial charge in [0.05, 0.1) is 4.88 Å². The number of carbonyl (C=O) groups excluding carboxylic acids is 1. The van der Waals surface area contributed by atoms with E-state index in [9.17, 15) is 4.79 Å². The van der Waals surface area contributed by atoms with Crippen LogP contribution in [0.3, 0.4) is 0 Å². The normalized spacial score (nSPS) is 15.3. The van der Waals surface area contributed by atoms with E-state index in [1.54, 1.807) is 11.3 Å². The summed E-state index contributed by atoms with van der Waals surface area (Å²) in [6.07, 6.45) is 5.73. The maximum Gasteiger partial charge on any atom is 0.264 e. The van der Waals surface area contributed by atoms with Crippen molar-refractivity contribution in [2.45, 2.75) is 59.4 Å². The van der Waals surface area contributed by atoms with Gasteiger partial charge in [-0.3, -0.25) is 4.79 Å². The number of hydrogen-bond acceptors (Lipinski definition) is 3. The van der Waals surface area contributed by atoms with Gasteiger partial charge < -0.3 is 10.6 Å². The second-order valence-electron chi connectivity index (χ2n) is 7.86. The second kappa shape index (κ2) is 9.03. The standard InChI is InChI=1S/C23H32N2OS/c1-4-16(2)7-8-18-14-19(9-10-20(18)15-24)21-13-17(3)22(27-21)23(26)25-11-5-6-12-25/h9-10,13-14,16H,4-8,11-12,15,24H2,1-3H3. The summed E-state index contributed by atoms with van der Waals surface area (Å²) in [5, 5.41) is 0. The van der Waals surface area contributed by atoms with Gasteiger partial charge in [-0.25, -0.2) is 0 Å². The first-order valence-corrected chi connectivity index (χ1v) is 11.1. The van der Waals surface area contributed by atoms with Crippen molar-refractivity contribution in [2.75, 3.05) is 13.1 Å². The summed E-state index contributed by atoms with van der Waals surface area (Å²) < 4.78 is 0. The third-order valence-electron chi connectivity index (χ3n) is 5.82. The van der Waals surface area contributed by atoms with Crippen LogP contribution in [0.4, 0.5) is 0 Å². The minimum Gasteiger partial charge on any atom is -0.338 e. The maximum atomic E-state index is 12.8. The van der Waals surface area contributed by atoms with Crippen molar-refractivity contribution in [3.8, 4) is 10.4 Å². The summed E-state index contributed by atoms with van der Waals surface area (Å²) in [4.78, 5) is 16.9. The Labute approximate surface area is 167 Å². The number of rotatable bonds is 7. The molecular weight excluding hydrogens is 352 g/mol. The SMILES string of the molecule is CCC(C)CCc1cc(-c2cc(C)c(C(=O)N3CCCC3)s2)ccc1CN. The van der Waals surface area contributed by atoms with Crippen LogP contribution in [0.5, 0.6) is 0 Å². The fraction of sp³-hybridized carbons (Fsp3) is 0.522. The van der Waals surface area contributed by atoms with Gasteiger partial charge in [0.2, 0.25) is 0 Å². The lowest BCUT2D eigenvalue weighted by atomic mass is 9.94. The number of carbonyl (C=O) groups is 1. The number of likely N-dealkylation sites (tertiary alicyclic amines) is 1. The molecule has 27 heavy (non-hydrogen) atoms. The van der Waals surface area contributed by atoms with Gasteiger partial charge in [-0.2, -0.15) is 0 Å². The molecule has 2 heterocycles. The highest BCUT2D eigenvalue weighted by Crippen LogP contribution is 2.34. The minimum absolute atomic E-state index is 0.205. The molecule has 0 spiro atoms. The van der Waals surface area contributed by atoms with Crippen molar-refractivity contribution in [3.05, 3.63) is 45.8 Å². The van der Waals surface area contributed by atoms with Crippen molar-refractivity contribution in [1.82, 2.24) is 4.90 Å². The van der Waals surface area contributed by atoms with E-state index in [-0.39, 0.29) is 5.91 Å². The van der Waals surface area contributed by atoms with Crippen molar-refractivity contribution >= 4 is 17.2 Å². The molecule has 1 aromatic carbocycles. The predicted octanol–water partition coefficient (Wildman–Crippen LogP) is 5.40. The highest BCUT2D eigenvalue weighted by atomic mass is 32.1. The number of aryl methyl sites for hydroxylation is 2. The maximum absolute atomic E-state index is 12.8. The van der Waals surface area contributed by atoms with Crippen LogP contribution in [0.15, 0.2) is 24.3 Å². The number of hydrogen-bond donors (Lipinski definition) is 1. The molecule has 0 bridgehead atoms. The van der Waals surface area contributed by atoms with E-state index in [0.717, 1.165) is 48.7 Å². The molecule has 0 saturated carbocycles. The van der Waals surface area contributed by atoms with Crippen LogP contribution in [0.1, 0.15) is 65.9 Å². The van der Waals surface area contributed by atoms with Crippen molar-refractivity contribution < 1.29 is 4.79 Å². The second-order valence-corrected chi connectivity index (χ2v) is 8.91. The van der Waals surface area contributed by atoms with Crippen LogP contribution in [-0.4, -0.2) is 23.9 Å². The van der Waals surface area contributed by atoms with Crippen LogP contribution in [-0.2, 0) is 13.0 Å². The van der Waals surface area contributed by atoms with E-state index >= 15 is 0 Å². The van der Waals surface area contributed by atoms with Gasteiger partial charge in [0.1, 0.15) is 0 Å². The Morgan fingerprint density at radius 1 is 1.22 bits per heavy atom. The quantitative estimate of drug-likeness (QED) is 0.695. The zero-order valence-corrected chi connectivity index (χ0v) is 17.7. The Bertz CT molecular complexity index is 790. The first-order valence-electron chi connectivity index (χ1n) is 10.3. The van der Waals surface area contributed by atoms with Crippen LogP contribution >= 0.6 is 11.3 Å². The van der Waals surface area contributed by atoms with Gasteiger partial charge in [-0.05, 0) is 66.8 Å². The lowest BCUT2D eigenvalue weighted by Crippen LogP contribution is -2.27. The molecule has 1 aromatic heterocycles. The number of benzene rings is 1. The van der Waals surface area contributed by atoms with Gasteiger partial charge in [-0.15, -0.1) is 11.3 Å². The summed E-state index contributed by atoms with van der Waals surface area (Å²) in [7, 11) is 0. The Morgan fingerprint density at radius 3 is 2.63 bits per heavy atom. The average Bonchev–Trinajstić information content (AvgIpc) is 3.35. The predicted molar refractivity (Wildman–Crippen MR) is 115 cm³/mol. The van der Waals surface area contributed by atoms with Gasteiger partial charge in [0.15, 0.2) is 0 Å². The highest BCUT2D eigenvalue weighted by molar-refractivity contribution is 7.17. The molecule has 2 N–H and O–H groups in total. The lowest BCUT2D eigenvalue weighted by Gasteiger charge is -2.14. The lowest BCUT2D eigenvalue weighted by molar-refractivity contribution is 0.0797. The van der Waals surface area contributed by atoms with Gasteiger partial charge >= 0.3 is 0 Å². The van der Waals surface area contributed by atoms with Gasteiger partial charge in [0, 0.05) is 24.5 Å². The molecule has 1 unspecified atom stereocenters. The topological polar surface area (TPSA) is 46.3 Å². The molecule has 1 amide bonds. The van der Waals surface area contributed by atoms with E-state index in [4.69, 9.17) is 5.73 Å².